The van der Waals surface area contributed by atoms with E-state index in [1.165, 1.54) is 18.9 Å². The molecule has 0 fully saturated rings. The molecule has 4 aromatic rings. The summed E-state index contributed by atoms with van der Waals surface area (Å²) in [4.78, 5) is 15.6. The third kappa shape index (κ3) is 8.57. The average Bonchev–Trinajstić information content (AvgIpc) is 3.06. The van der Waals surface area contributed by atoms with E-state index in [2.05, 4.69) is 46.8 Å². The standard InChI is InChI=1S/C41H46FN3O2/c1-6-8-10-14-22-45(23-15-11-9-7-2)40(46)29-18-20-33(21-19-29)47-37-26-32(41(3,4)5)25-30-24-31(27-43)35(28-44)39(38(30)37)34-16-12-13-17-36(34)42/h12-13,16-21,24-26H,6-11,14-15,22-23H2,1-5H3. The molecule has 0 saturated carbocycles. The predicted molar refractivity (Wildman–Crippen MR) is 188 cm³/mol. The molecule has 0 spiro atoms. The molecule has 0 aromatic heterocycles. The Bertz CT molecular complexity index is 1760. The van der Waals surface area contributed by atoms with Crippen molar-refractivity contribution in [3.8, 4) is 34.8 Å². The van der Waals surface area contributed by atoms with Gasteiger partial charge in [0, 0.05) is 35.2 Å². The van der Waals surface area contributed by atoms with Crippen LogP contribution in [0.25, 0.3) is 21.9 Å². The van der Waals surface area contributed by atoms with Gasteiger partial charge in [-0.3, -0.25) is 4.79 Å². The largest absolute Gasteiger partial charge is 0.457 e. The number of unbranched alkanes of at least 4 members (excludes halogenated alkanes) is 6. The SMILES string of the molecule is CCCCCCN(CCCCCC)C(=O)c1ccc(Oc2cc(C(C)(C)C)cc3cc(C#N)c(C#N)c(-c4ccccc4F)c23)cc1. The van der Waals surface area contributed by atoms with E-state index in [-0.39, 0.29) is 28.0 Å². The quantitative estimate of drug-likeness (QED) is 0.130. The summed E-state index contributed by atoms with van der Waals surface area (Å²) in [6, 6.07) is 23.3. The molecule has 0 aliphatic rings. The Kier molecular flexibility index (Phi) is 12.2. The Morgan fingerprint density at radius 1 is 0.830 bits per heavy atom. The lowest BCUT2D eigenvalue weighted by atomic mass is 9.83. The number of fused-ring (bicyclic) bond motifs is 1. The van der Waals surface area contributed by atoms with Crippen LogP contribution in [0, 0.1) is 28.5 Å². The van der Waals surface area contributed by atoms with Crippen LogP contribution in [0.2, 0.25) is 0 Å². The number of amides is 1. The van der Waals surface area contributed by atoms with E-state index in [1.54, 1.807) is 48.5 Å². The van der Waals surface area contributed by atoms with Crippen molar-refractivity contribution in [3.63, 3.8) is 0 Å². The number of benzene rings is 4. The lowest BCUT2D eigenvalue weighted by Gasteiger charge is -2.24. The van der Waals surface area contributed by atoms with Crippen LogP contribution in [-0.2, 0) is 5.41 Å². The number of halogens is 1. The van der Waals surface area contributed by atoms with Gasteiger partial charge in [0.25, 0.3) is 5.91 Å². The van der Waals surface area contributed by atoms with E-state index in [9.17, 15) is 15.3 Å². The molecule has 4 rings (SSSR count). The van der Waals surface area contributed by atoms with Gasteiger partial charge >= 0.3 is 0 Å². The highest BCUT2D eigenvalue weighted by atomic mass is 19.1. The highest BCUT2D eigenvalue weighted by Crippen LogP contribution is 2.44. The first kappa shape index (κ1) is 35.2. The Hall–Kier alpha value is -4.68. The molecule has 6 heteroatoms. The number of carbonyl (C=O) groups excluding carboxylic acids is 1. The van der Waals surface area contributed by atoms with Crippen molar-refractivity contribution >= 4 is 16.7 Å². The summed E-state index contributed by atoms with van der Waals surface area (Å²) in [7, 11) is 0. The molecule has 0 unspecified atom stereocenters. The van der Waals surface area contributed by atoms with E-state index in [1.807, 2.05) is 17.0 Å². The summed E-state index contributed by atoms with van der Waals surface area (Å²) >= 11 is 0. The molecule has 1 amide bonds. The maximum atomic E-state index is 15.3. The van der Waals surface area contributed by atoms with Crippen molar-refractivity contribution < 1.29 is 13.9 Å². The fourth-order valence-electron chi connectivity index (χ4n) is 5.91. The predicted octanol–water partition coefficient (Wildman–Crippen LogP) is 11.1. The molecule has 0 bridgehead atoms. The van der Waals surface area contributed by atoms with Gasteiger partial charge in [0.1, 0.15) is 29.5 Å². The van der Waals surface area contributed by atoms with Gasteiger partial charge in [0.05, 0.1) is 11.1 Å². The molecule has 47 heavy (non-hydrogen) atoms. The van der Waals surface area contributed by atoms with Crippen molar-refractivity contribution in [2.24, 2.45) is 0 Å². The van der Waals surface area contributed by atoms with E-state index in [4.69, 9.17) is 4.74 Å². The van der Waals surface area contributed by atoms with Gasteiger partial charge in [-0.1, -0.05) is 97.4 Å². The minimum Gasteiger partial charge on any atom is -0.457 e. The summed E-state index contributed by atoms with van der Waals surface area (Å²) < 4.78 is 21.9. The van der Waals surface area contributed by atoms with Crippen LogP contribution < -0.4 is 4.74 Å². The van der Waals surface area contributed by atoms with Crippen molar-refractivity contribution in [2.75, 3.05) is 13.1 Å². The minimum absolute atomic E-state index is 0.0225. The first-order valence-electron chi connectivity index (χ1n) is 16.9. The van der Waals surface area contributed by atoms with Crippen LogP contribution >= 0.6 is 0 Å². The first-order valence-corrected chi connectivity index (χ1v) is 16.9. The summed E-state index contributed by atoms with van der Waals surface area (Å²) in [5.41, 5.74) is 2.11. The summed E-state index contributed by atoms with van der Waals surface area (Å²) in [6.45, 7) is 12.1. The van der Waals surface area contributed by atoms with Crippen molar-refractivity contribution in [1.82, 2.24) is 4.90 Å². The number of ether oxygens (including phenoxy) is 1. The first-order chi connectivity index (χ1) is 22.6. The molecule has 0 N–H and O–H groups in total. The molecular weight excluding hydrogens is 585 g/mol. The summed E-state index contributed by atoms with van der Waals surface area (Å²) in [5.74, 6) is 0.477. The fourth-order valence-corrected chi connectivity index (χ4v) is 5.91. The minimum atomic E-state index is -0.497. The van der Waals surface area contributed by atoms with Crippen LogP contribution in [0.3, 0.4) is 0 Å². The Balaban J connectivity index is 1.77. The van der Waals surface area contributed by atoms with Crippen LogP contribution in [0.15, 0.2) is 66.7 Å². The van der Waals surface area contributed by atoms with E-state index < -0.39 is 5.82 Å². The molecule has 244 valence electrons. The van der Waals surface area contributed by atoms with Crippen molar-refractivity contribution in [1.29, 1.82) is 10.5 Å². The van der Waals surface area contributed by atoms with Gasteiger partial charge in [-0.25, -0.2) is 4.39 Å². The average molecular weight is 632 g/mol. The number of nitriles is 2. The van der Waals surface area contributed by atoms with Gasteiger partial charge in [0.2, 0.25) is 0 Å². The van der Waals surface area contributed by atoms with Crippen LogP contribution in [0.1, 0.15) is 113 Å². The van der Waals surface area contributed by atoms with Gasteiger partial charge in [-0.2, -0.15) is 10.5 Å². The third-order valence-electron chi connectivity index (χ3n) is 8.62. The molecule has 0 atom stereocenters. The second-order valence-corrected chi connectivity index (χ2v) is 13.2. The smallest absolute Gasteiger partial charge is 0.253 e. The van der Waals surface area contributed by atoms with Crippen molar-refractivity contribution in [2.45, 2.75) is 91.4 Å². The summed E-state index contributed by atoms with van der Waals surface area (Å²) in [6.07, 6.45) is 8.85. The van der Waals surface area contributed by atoms with E-state index in [0.29, 0.717) is 33.4 Å². The van der Waals surface area contributed by atoms with Gasteiger partial charge < -0.3 is 9.64 Å². The third-order valence-corrected chi connectivity index (χ3v) is 8.62. The maximum Gasteiger partial charge on any atom is 0.253 e. The van der Waals surface area contributed by atoms with Crippen molar-refractivity contribution in [3.05, 3.63) is 94.8 Å². The monoisotopic (exact) mass is 631 g/mol. The highest BCUT2D eigenvalue weighted by molar-refractivity contribution is 6.05. The zero-order valence-corrected chi connectivity index (χ0v) is 28.5. The Morgan fingerprint density at radius 2 is 1.47 bits per heavy atom. The molecule has 0 saturated heterocycles. The van der Waals surface area contributed by atoms with Gasteiger partial charge in [-0.05, 0) is 71.7 Å². The second-order valence-electron chi connectivity index (χ2n) is 13.2. The molecule has 0 aliphatic heterocycles. The molecule has 0 aliphatic carbocycles. The number of rotatable bonds is 14. The number of hydrogen-bond acceptors (Lipinski definition) is 4. The zero-order chi connectivity index (χ0) is 34.0. The molecular formula is C41H46FN3O2. The van der Waals surface area contributed by atoms with Gasteiger partial charge in [0.15, 0.2) is 0 Å². The highest BCUT2D eigenvalue weighted by Gasteiger charge is 2.24. The fraction of sp³-hybridized carbons (Fsp3) is 0.390. The topological polar surface area (TPSA) is 77.1 Å². The van der Waals surface area contributed by atoms with E-state index >= 15 is 4.39 Å². The second kappa shape index (κ2) is 16.2. The normalized spacial score (nSPS) is 11.2. The Morgan fingerprint density at radius 3 is 2.02 bits per heavy atom. The zero-order valence-electron chi connectivity index (χ0n) is 28.5. The lowest BCUT2D eigenvalue weighted by Crippen LogP contribution is -2.33. The molecule has 0 radical (unpaired) electrons. The molecule has 5 nitrogen and oxygen atoms in total. The van der Waals surface area contributed by atoms with E-state index in [0.717, 1.165) is 57.2 Å². The maximum absolute atomic E-state index is 15.3. The van der Waals surface area contributed by atoms with Crippen LogP contribution in [0.5, 0.6) is 11.5 Å². The van der Waals surface area contributed by atoms with Crippen LogP contribution in [0.4, 0.5) is 4.39 Å². The number of nitrogens with zero attached hydrogens (tertiary/aromatic N) is 3. The summed E-state index contributed by atoms with van der Waals surface area (Å²) in [5, 5.41) is 21.4. The molecule has 4 aromatic carbocycles. The molecule has 0 heterocycles. The lowest BCUT2D eigenvalue weighted by molar-refractivity contribution is 0.0749. The van der Waals surface area contributed by atoms with Crippen LogP contribution in [-0.4, -0.2) is 23.9 Å². The Labute approximate surface area is 279 Å². The number of hydrogen-bond donors (Lipinski definition) is 0. The van der Waals surface area contributed by atoms with Gasteiger partial charge in [-0.15, -0.1) is 0 Å². The number of carbonyl (C=O) groups is 1.